The number of benzene rings is 1. The summed E-state index contributed by atoms with van der Waals surface area (Å²) in [5, 5.41) is 9.40. The Hall–Kier alpha value is -1.75. The molecule has 3 N–H and O–H groups in total. The summed E-state index contributed by atoms with van der Waals surface area (Å²) in [6.07, 6.45) is 0. The van der Waals surface area contributed by atoms with E-state index in [-0.39, 0.29) is 12.1 Å². The number of hydrogen-bond donors (Lipinski definition) is 2. The number of rotatable bonds is 5. The fourth-order valence-corrected chi connectivity index (χ4v) is 1.68. The zero-order valence-electron chi connectivity index (χ0n) is 9.31. The van der Waals surface area contributed by atoms with Crippen LogP contribution >= 0.6 is 11.6 Å². The minimum atomic E-state index is -1.09. The molecular formula is C11H13ClN2O3. The second-order valence-electron chi connectivity index (χ2n) is 3.45. The number of nitrogens with two attached hydrogens (primary N) is 1. The van der Waals surface area contributed by atoms with E-state index in [1.807, 2.05) is 6.92 Å². The molecule has 0 unspecified atom stereocenters. The van der Waals surface area contributed by atoms with Gasteiger partial charge in [-0.15, -0.1) is 0 Å². The van der Waals surface area contributed by atoms with Crippen LogP contribution < -0.4 is 10.6 Å². The molecule has 0 saturated heterocycles. The number of aromatic carboxylic acids is 1. The Kier molecular flexibility index (Phi) is 4.34. The summed E-state index contributed by atoms with van der Waals surface area (Å²) in [7, 11) is 0. The first-order valence-electron chi connectivity index (χ1n) is 5.01. The highest BCUT2D eigenvalue weighted by Crippen LogP contribution is 2.24. The van der Waals surface area contributed by atoms with Gasteiger partial charge in [-0.25, -0.2) is 4.79 Å². The van der Waals surface area contributed by atoms with Gasteiger partial charge in [0.25, 0.3) is 0 Å². The molecule has 0 bridgehead atoms. The fourth-order valence-electron chi connectivity index (χ4n) is 1.51. The van der Waals surface area contributed by atoms with Crippen molar-refractivity contribution >= 4 is 29.2 Å². The minimum absolute atomic E-state index is 0.0294. The maximum absolute atomic E-state index is 11.1. The molecule has 92 valence electrons. The number of halogens is 1. The number of primary amides is 1. The van der Waals surface area contributed by atoms with Crippen molar-refractivity contribution < 1.29 is 14.7 Å². The van der Waals surface area contributed by atoms with Crippen LogP contribution in [0.4, 0.5) is 5.69 Å². The summed E-state index contributed by atoms with van der Waals surface area (Å²) in [6.45, 7) is 2.26. The van der Waals surface area contributed by atoms with Crippen molar-refractivity contribution in [3.63, 3.8) is 0 Å². The first kappa shape index (κ1) is 13.3. The second kappa shape index (κ2) is 5.54. The van der Waals surface area contributed by atoms with Gasteiger partial charge in [-0.3, -0.25) is 4.79 Å². The van der Waals surface area contributed by atoms with Crippen molar-refractivity contribution in [3.05, 3.63) is 28.8 Å². The molecule has 17 heavy (non-hydrogen) atoms. The van der Waals surface area contributed by atoms with Crippen LogP contribution in [0, 0.1) is 0 Å². The highest BCUT2D eigenvalue weighted by molar-refractivity contribution is 6.31. The first-order chi connectivity index (χ1) is 7.95. The minimum Gasteiger partial charge on any atom is -0.478 e. The van der Waals surface area contributed by atoms with E-state index in [2.05, 4.69) is 0 Å². The normalized spacial score (nSPS) is 10.0. The van der Waals surface area contributed by atoms with Crippen LogP contribution in [0.5, 0.6) is 0 Å². The lowest BCUT2D eigenvalue weighted by Crippen LogP contribution is -2.34. The lowest BCUT2D eigenvalue weighted by Gasteiger charge is -2.23. The van der Waals surface area contributed by atoms with Gasteiger partial charge in [-0.05, 0) is 25.1 Å². The van der Waals surface area contributed by atoms with E-state index in [0.717, 1.165) is 0 Å². The number of anilines is 1. The molecule has 0 radical (unpaired) electrons. The van der Waals surface area contributed by atoms with Crippen LogP contribution in [-0.4, -0.2) is 30.1 Å². The smallest absolute Gasteiger partial charge is 0.337 e. The summed E-state index contributed by atoms with van der Waals surface area (Å²) in [5.41, 5.74) is 5.60. The number of hydrogen-bond acceptors (Lipinski definition) is 3. The molecule has 0 spiro atoms. The lowest BCUT2D eigenvalue weighted by atomic mass is 10.1. The molecule has 1 aromatic carbocycles. The van der Waals surface area contributed by atoms with Crippen LogP contribution in [-0.2, 0) is 4.79 Å². The highest BCUT2D eigenvalue weighted by Gasteiger charge is 2.16. The lowest BCUT2D eigenvalue weighted by molar-refractivity contribution is -0.116. The maximum atomic E-state index is 11.1. The van der Waals surface area contributed by atoms with Crippen LogP contribution in [0.3, 0.4) is 0 Å². The molecule has 1 rings (SSSR count). The van der Waals surface area contributed by atoms with Crippen molar-refractivity contribution in [2.45, 2.75) is 6.92 Å². The highest BCUT2D eigenvalue weighted by atomic mass is 35.5. The van der Waals surface area contributed by atoms with Gasteiger partial charge >= 0.3 is 5.97 Å². The second-order valence-corrected chi connectivity index (χ2v) is 3.88. The molecule has 0 aliphatic carbocycles. The first-order valence-corrected chi connectivity index (χ1v) is 5.39. The third kappa shape index (κ3) is 3.35. The van der Waals surface area contributed by atoms with Crippen LogP contribution in [0.25, 0.3) is 0 Å². The fraction of sp³-hybridized carbons (Fsp3) is 0.273. The number of likely N-dealkylation sites (N-methyl/N-ethyl adjacent to an activating group) is 1. The molecule has 1 aromatic rings. The average Bonchev–Trinajstić information content (AvgIpc) is 2.25. The third-order valence-electron chi connectivity index (χ3n) is 2.26. The molecule has 1 amide bonds. The van der Waals surface area contributed by atoms with E-state index >= 15 is 0 Å². The number of carbonyl (C=O) groups is 2. The van der Waals surface area contributed by atoms with Crippen LogP contribution in [0.1, 0.15) is 17.3 Å². The van der Waals surface area contributed by atoms with Gasteiger partial charge in [-0.2, -0.15) is 0 Å². The van der Waals surface area contributed by atoms with E-state index in [9.17, 15) is 9.59 Å². The van der Waals surface area contributed by atoms with Crippen LogP contribution in [0.15, 0.2) is 18.2 Å². The van der Waals surface area contributed by atoms with E-state index in [0.29, 0.717) is 17.3 Å². The number of carboxylic acid groups (broad SMARTS) is 1. The standard InChI is InChI=1S/C11H13ClN2O3/c1-2-14(6-10(13)15)9-4-3-7(12)5-8(9)11(16)17/h3-5H,2,6H2,1H3,(H2,13,15)(H,16,17). The van der Waals surface area contributed by atoms with E-state index in [1.165, 1.54) is 6.07 Å². The maximum Gasteiger partial charge on any atom is 0.337 e. The summed E-state index contributed by atoms with van der Waals surface area (Å²) < 4.78 is 0. The number of carboxylic acids is 1. The Morgan fingerprint density at radius 3 is 2.59 bits per heavy atom. The summed E-state index contributed by atoms with van der Waals surface area (Å²) in [6, 6.07) is 4.49. The van der Waals surface area contributed by atoms with Crippen molar-refractivity contribution in [1.29, 1.82) is 0 Å². The monoisotopic (exact) mass is 256 g/mol. The van der Waals surface area contributed by atoms with Gasteiger partial charge in [0.05, 0.1) is 17.8 Å². The molecule has 0 atom stereocenters. The molecule has 6 heteroatoms. The van der Waals surface area contributed by atoms with Gasteiger partial charge in [-0.1, -0.05) is 11.6 Å². The molecule has 0 heterocycles. The zero-order chi connectivity index (χ0) is 13.0. The summed E-state index contributed by atoms with van der Waals surface area (Å²) in [4.78, 5) is 23.6. The van der Waals surface area contributed by atoms with Gasteiger partial charge in [0.1, 0.15) is 0 Å². The number of amides is 1. The Balaban J connectivity index is 3.18. The summed E-state index contributed by atoms with van der Waals surface area (Å²) in [5.74, 6) is -1.61. The Labute approximate surface area is 104 Å². The Bertz CT molecular complexity index is 448. The topological polar surface area (TPSA) is 83.6 Å². The molecule has 0 aliphatic rings. The molecule has 0 aromatic heterocycles. The van der Waals surface area contributed by atoms with E-state index in [1.54, 1.807) is 17.0 Å². The predicted molar refractivity (Wildman–Crippen MR) is 65.5 cm³/mol. The largest absolute Gasteiger partial charge is 0.478 e. The molecule has 0 saturated carbocycles. The van der Waals surface area contributed by atoms with Crippen molar-refractivity contribution in [3.8, 4) is 0 Å². The molecule has 0 aliphatic heterocycles. The number of nitrogens with zero attached hydrogens (tertiary/aromatic N) is 1. The predicted octanol–water partition coefficient (Wildman–Crippen LogP) is 1.35. The van der Waals surface area contributed by atoms with Crippen molar-refractivity contribution in [1.82, 2.24) is 0 Å². The third-order valence-corrected chi connectivity index (χ3v) is 2.49. The average molecular weight is 257 g/mol. The zero-order valence-corrected chi connectivity index (χ0v) is 10.1. The number of carbonyl (C=O) groups excluding carboxylic acids is 1. The van der Waals surface area contributed by atoms with Gasteiger partial charge in [0.2, 0.25) is 5.91 Å². The molecular weight excluding hydrogens is 244 g/mol. The van der Waals surface area contributed by atoms with Gasteiger partial charge < -0.3 is 15.7 Å². The van der Waals surface area contributed by atoms with E-state index in [4.69, 9.17) is 22.4 Å². The van der Waals surface area contributed by atoms with Crippen LogP contribution in [0.2, 0.25) is 5.02 Å². The quantitative estimate of drug-likeness (QED) is 0.833. The van der Waals surface area contributed by atoms with E-state index < -0.39 is 11.9 Å². The molecule has 0 fully saturated rings. The van der Waals surface area contributed by atoms with Crippen molar-refractivity contribution in [2.75, 3.05) is 18.0 Å². The molecule has 5 nitrogen and oxygen atoms in total. The summed E-state index contributed by atoms with van der Waals surface area (Å²) >= 11 is 5.74. The van der Waals surface area contributed by atoms with Crippen molar-refractivity contribution in [2.24, 2.45) is 5.73 Å². The Morgan fingerprint density at radius 2 is 2.12 bits per heavy atom. The Morgan fingerprint density at radius 1 is 1.47 bits per heavy atom. The SMILES string of the molecule is CCN(CC(N)=O)c1ccc(Cl)cc1C(=O)O. The van der Waals surface area contributed by atoms with Gasteiger partial charge in [0, 0.05) is 11.6 Å². The van der Waals surface area contributed by atoms with Gasteiger partial charge in [0.15, 0.2) is 0 Å².